The second kappa shape index (κ2) is 4.89. The van der Waals surface area contributed by atoms with Gasteiger partial charge in [-0.1, -0.05) is 0 Å². The maximum atomic E-state index is 9.10. The van der Waals surface area contributed by atoms with Gasteiger partial charge in [-0.05, 0) is 51.0 Å². The van der Waals surface area contributed by atoms with E-state index >= 15 is 0 Å². The first-order valence-corrected chi connectivity index (χ1v) is 6.44. The van der Waals surface area contributed by atoms with Gasteiger partial charge in [0.25, 0.3) is 0 Å². The molecule has 0 amide bonds. The summed E-state index contributed by atoms with van der Waals surface area (Å²) in [6.45, 7) is 4.85. The smallest absolute Gasteiger partial charge is 0.119 e. The van der Waals surface area contributed by atoms with Crippen molar-refractivity contribution in [3.8, 4) is 11.8 Å². The van der Waals surface area contributed by atoms with Crippen LogP contribution in [-0.4, -0.2) is 19.7 Å². The van der Waals surface area contributed by atoms with Crippen LogP contribution in [0.15, 0.2) is 24.3 Å². The summed E-state index contributed by atoms with van der Waals surface area (Å²) in [5, 5.41) is 9.10. The lowest BCUT2D eigenvalue weighted by molar-refractivity contribution is 0.242. The molecule has 0 unspecified atom stereocenters. The number of hydrogen-bond donors (Lipinski definition) is 0. The summed E-state index contributed by atoms with van der Waals surface area (Å²) in [4.78, 5) is 2.15. The van der Waals surface area contributed by atoms with E-state index in [4.69, 9.17) is 10.00 Å². The van der Waals surface area contributed by atoms with E-state index in [0.29, 0.717) is 0 Å². The fourth-order valence-corrected chi connectivity index (χ4v) is 2.05. The van der Waals surface area contributed by atoms with Gasteiger partial charge in [0.05, 0.1) is 17.6 Å². The van der Waals surface area contributed by atoms with Crippen LogP contribution < -0.4 is 9.64 Å². The lowest BCUT2D eigenvalue weighted by Gasteiger charge is -2.22. The predicted octanol–water partition coefficient (Wildman–Crippen LogP) is 3.21. The van der Waals surface area contributed by atoms with Crippen molar-refractivity contribution < 1.29 is 4.74 Å². The lowest BCUT2D eigenvalue weighted by Crippen LogP contribution is -2.25. The monoisotopic (exact) mass is 244 g/mol. The van der Waals surface area contributed by atoms with Crippen LogP contribution >= 0.6 is 0 Å². The summed E-state index contributed by atoms with van der Waals surface area (Å²) in [5.41, 5.74) is 1.04. The highest BCUT2D eigenvalue weighted by atomic mass is 16.5. The molecular formula is C15H20N2O. The van der Waals surface area contributed by atoms with E-state index in [-0.39, 0.29) is 11.5 Å². The van der Waals surface area contributed by atoms with Crippen molar-refractivity contribution in [3.05, 3.63) is 24.3 Å². The minimum atomic E-state index is -0.0954. The average molecular weight is 244 g/mol. The molecule has 0 atom stereocenters. The normalized spacial score (nSPS) is 16.2. The molecule has 0 heterocycles. The SMILES string of the molecule is CC(C)Oc1ccc(N(C)CC2(C#N)CC2)cc1. The summed E-state index contributed by atoms with van der Waals surface area (Å²) in [7, 11) is 2.04. The molecule has 1 saturated carbocycles. The highest BCUT2D eigenvalue weighted by molar-refractivity contribution is 5.49. The fourth-order valence-electron chi connectivity index (χ4n) is 2.05. The number of ether oxygens (including phenoxy) is 1. The summed E-state index contributed by atoms with van der Waals surface area (Å²) in [5.74, 6) is 0.892. The van der Waals surface area contributed by atoms with Crippen molar-refractivity contribution in [3.63, 3.8) is 0 Å². The van der Waals surface area contributed by atoms with E-state index in [1.165, 1.54) is 0 Å². The van der Waals surface area contributed by atoms with Gasteiger partial charge < -0.3 is 9.64 Å². The molecule has 0 radical (unpaired) electrons. The Morgan fingerprint density at radius 3 is 2.39 bits per heavy atom. The second-order valence-corrected chi connectivity index (χ2v) is 5.41. The number of hydrogen-bond acceptors (Lipinski definition) is 3. The number of anilines is 1. The Labute approximate surface area is 109 Å². The molecule has 0 bridgehead atoms. The van der Waals surface area contributed by atoms with Crippen molar-refractivity contribution in [2.75, 3.05) is 18.5 Å². The standard InChI is InChI=1S/C15H20N2O/c1-12(2)18-14-6-4-13(5-7-14)17(3)11-15(10-16)8-9-15/h4-7,12H,8-9,11H2,1-3H3. The van der Waals surface area contributed by atoms with Gasteiger partial charge in [0.2, 0.25) is 0 Å². The van der Waals surface area contributed by atoms with E-state index < -0.39 is 0 Å². The van der Waals surface area contributed by atoms with Crippen LogP contribution in [0.3, 0.4) is 0 Å². The third kappa shape index (κ3) is 2.95. The summed E-state index contributed by atoms with van der Waals surface area (Å²) < 4.78 is 5.61. The minimum Gasteiger partial charge on any atom is -0.491 e. The largest absolute Gasteiger partial charge is 0.491 e. The second-order valence-electron chi connectivity index (χ2n) is 5.41. The van der Waals surface area contributed by atoms with Crippen molar-refractivity contribution in [1.29, 1.82) is 5.26 Å². The molecule has 1 aromatic carbocycles. The summed E-state index contributed by atoms with van der Waals surface area (Å²) in [6.07, 6.45) is 2.26. The summed E-state index contributed by atoms with van der Waals surface area (Å²) in [6, 6.07) is 10.5. The average Bonchev–Trinajstić information content (AvgIpc) is 3.09. The molecular weight excluding hydrogens is 224 g/mol. The molecule has 0 saturated heterocycles. The van der Waals surface area contributed by atoms with Crippen LogP contribution in [0.2, 0.25) is 0 Å². The van der Waals surface area contributed by atoms with Gasteiger partial charge in [-0.15, -0.1) is 0 Å². The predicted molar refractivity (Wildman–Crippen MR) is 72.8 cm³/mol. The Balaban J connectivity index is 1.99. The van der Waals surface area contributed by atoms with Gasteiger partial charge in [0, 0.05) is 19.3 Å². The van der Waals surface area contributed by atoms with Crippen LogP contribution in [0, 0.1) is 16.7 Å². The molecule has 3 heteroatoms. The van der Waals surface area contributed by atoms with Crippen LogP contribution in [0.1, 0.15) is 26.7 Å². The van der Waals surface area contributed by atoms with Gasteiger partial charge in [0.1, 0.15) is 5.75 Å². The Hall–Kier alpha value is -1.69. The van der Waals surface area contributed by atoms with Crippen molar-refractivity contribution in [2.24, 2.45) is 5.41 Å². The van der Waals surface area contributed by atoms with Crippen molar-refractivity contribution in [1.82, 2.24) is 0 Å². The molecule has 3 nitrogen and oxygen atoms in total. The number of nitriles is 1. The van der Waals surface area contributed by atoms with Crippen LogP contribution in [0.4, 0.5) is 5.69 Å². The van der Waals surface area contributed by atoms with Crippen molar-refractivity contribution >= 4 is 5.69 Å². The van der Waals surface area contributed by atoms with Crippen LogP contribution in [0.25, 0.3) is 0 Å². The van der Waals surface area contributed by atoms with Crippen LogP contribution in [0.5, 0.6) is 5.75 Å². The highest BCUT2D eigenvalue weighted by Crippen LogP contribution is 2.45. The molecule has 1 aliphatic carbocycles. The molecule has 0 aliphatic heterocycles. The molecule has 1 fully saturated rings. The molecule has 96 valence electrons. The topological polar surface area (TPSA) is 36.3 Å². The van der Waals surface area contributed by atoms with Crippen LogP contribution in [-0.2, 0) is 0 Å². The van der Waals surface area contributed by atoms with E-state index in [1.54, 1.807) is 0 Å². The maximum Gasteiger partial charge on any atom is 0.119 e. The highest BCUT2D eigenvalue weighted by Gasteiger charge is 2.44. The molecule has 0 N–H and O–H groups in total. The lowest BCUT2D eigenvalue weighted by atomic mass is 10.1. The van der Waals surface area contributed by atoms with Gasteiger partial charge in [0.15, 0.2) is 0 Å². The fraction of sp³-hybridized carbons (Fsp3) is 0.533. The first-order valence-electron chi connectivity index (χ1n) is 6.44. The first kappa shape index (κ1) is 12.8. The number of rotatable bonds is 5. The van der Waals surface area contributed by atoms with Crippen molar-refractivity contribution in [2.45, 2.75) is 32.8 Å². The Morgan fingerprint density at radius 1 is 1.33 bits per heavy atom. The van der Waals surface area contributed by atoms with E-state index in [1.807, 2.05) is 45.2 Å². The zero-order valence-electron chi connectivity index (χ0n) is 11.3. The molecule has 18 heavy (non-hydrogen) atoms. The molecule has 1 aromatic rings. The molecule has 0 spiro atoms. The van der Waals surface area contributed by atoms with E-state index in [9.17, 15) is 0 Å². The zero-order valence-corrected chi connectivity index (χ0v) is 11.3. The Kier molecular flexibility index (Phi) is 3.47. The molecule has 2 rings (SSSR count). The van der Waals surface area contributed by atoms with Gasteiger partial charge in [-0.25, -0.2) is 0 Å². The number of benzene rings is 1. The van der Waals surface area contributed by atoms with Gasteiger partial charge >= 0.3 is 0 Å². The maximum absolute atomic E-state index is 9.10. The number of nitrogens with zero attached hydrogens (tertiary/aromatic N) is 2. The Morgan fingerprint density at radius 2 is 1.94 bits per heavy atom. The molecule has 0 aromatic heterocycles. The van der Waals surface area contributed by atoms with Gasteiger partial charge in [-0.3, -0.25) is 0 Å². The third-order valence-corrected chi connectivity index (χ3v) is 3.28. The van der Waals surface area contributed by atoms with Gasteiger partial charge in [-0.2, -0.15) is 5.26 Å². The quantitative estimate of drug-likeness (QED) is 0.798. The van der Waals surface area contributed by atoms with E-state index in [2.05, 4.69) is 11.0 Å². The Bertz CT molecular complexity index is 441. The summed E-state index contributed by atoms with van der Waals surface area (Å²) >= 11 is 0. The minimum absolute atomic E-state index is 0.0954. The zero-order chi connectivity index (χ0) is 13.2. The first-order chi connectivity index (χ1) is 8.54. The third-order valence-electron chi connectivity index (χ3n) is 3.28. The molecule has 1 aliphatic rings. The van der Waals surface area contributed by atoms with E-state index in [0.717, 1.165) is 30.8 Å².